The van der Waals surface area contributed by atoms with Crippen molar-refractivity contribution < 1.29 is 4.42 Å². The van der Waals surface area contributed by atoms with Crippen LogP contribution in [0.4, 0.5) is 6.01 Å². The molecule has 0 aliphatic carbocycles. The van der Waals surface area contributed by atoms with Crippen molar-refractivity contribution in [1.82, 2.24) is 15.5 Å². The molecule has 0 saturated heterocycles. The van der Waals surface area contributed by atoms with E-state index >= 15 is 0 Å². The lowest BCUT2D eigenvalue weighted by Gasteiger charge is -2.15. The van der Waals surface area contributed by atoms with E-state index in [1.165, 1.54) is 0 Å². The van der Waals surface area contributed by atoms with E-state index in [2.05, 4.69) is 41.6 Å². The molecule has 0 fully saturated rings. The number of nitrogens with zero attached hydrogens (tertiary/aromatic N) is 2. The second-order valence-corrected chi connectivity index (χ2v) is 4.13. The van der Waals surface area contributed by atoms with Gasteiger partial charge in [0.2, 0.25) is 5.89 Å². The summed E-state index contributed by atoms with van der Waals surface area (Å²) in [5.41, 5.74) is 0. The zero-order valence-electron chi connectivity index (χ0n) is 10.0. The molecule has 0 aromatic carbocycles. The normalized spacial score (nSPS) is 15.3. The molecule has 0 bridgehead atoms. The fraction of sp³-hybridized carbons (Fsp3) is 0.800. The molecule has 0 aliphatic rings. The van der Waals surface area contributed by atoms with Gasteiger partial charge in [-0.25, -0.2) is 0 Å². The van der Waals surface area contributed by atoms with Crippen molar-refractivity contribution in [3.63, 3.8) is 0 Å². The molecular weight excluding hydrogens is 192 g/mol. The van der Waals surface area contributed by atoms with E-state index in [1.54, 1.807) is 0 Å². The average Bonchev–Trinajstić information content (AvgIpc) is 2.65. The van der Waals surface area contributed by atoms with Gasteiger partial charge in [-0.05, 0) is 26.8 Å². The van der Waals surface area contributed by atoms with Gasteiger partial charge in [-0.1, -0.05) is 18.9 Å². The highest BCUT2D eigenvalue weighted by molar-refractivity contribution is 5.19. The second-order valence-electron chi connectivity index (χ2n) is 4.13. The number of nitrogens with one attached hydrogen (secondary N) is 2. The van der Waals surface area contributed by atoms with Gasteiger partial charge in [0, 0.05) is 6.04 Å². The smallest absolute Gasteiger partial charge is 0.315 e. The van der Waals surface area contributed by atoms with E-state index in [0.717, 1.165) is 0 Å². The Kier molecular flexibility index (Phi) is 4.08. The van der Waals surface area contributed by atoms with Gasteiger partial charge in [-0.2, -0.15) is 0 Å². The predicted molar refractivity (Wildman–Crippen MR) is 59.7 cm³/mol. The van der Waals surface area contributed by atoms with Crippen molar-refractivity contribution in [3.05, 3.63) is 5.89 Å². The van der Waals surface area contributed by atoms with Crippen LogP contribution in [0.2, 0.25) is 0 Å². The number of aromatic nitrogens is 2. The third kappa shape index (κ3) is 3.20. The summed E-state index contributed by atoms with van der Waals surface area (Å²) in [4.78, 5) is 0. The largest absolute Gasteiger partial charge is 0.406 e. The van der Waals surface area contributed by atoms with Gasteiger partial charge in [0.25, 0.3) is 0 Å². The number of hydrogen-bond acceptors (Lipinski definition) is 5. The van der Waals surface area contributed by atoms with Crippen LogP contribution < -0.4 is 10.6 Å². The molecule has 86 valence electrons. The first-order valence-electron chi connectivity index (χ1n) is 5.31. The van der Waals surface area contributed by atoms with E-state index in [9.17, 15) is 0 Å². The van der Waals surface area contributed by atoms with Gasteiger partial charge in [-0.3, -0.25) is 0 Å². The molecule has 0 spiro atoms. The Morgan fingerprint density at radius 2 is 1.80 bits per heavy atom. The van der Waals surface area contributed by atoms with Crippen LogP contribution in [0.15, 0.2) is 4.42 Å². The number of rotatable bonds is 5. The molecule has 15 heavy (non-hydrogen) atoms. The van der Waals surface area contributed by atoms with E-state index in [4.69, 9.17) is 4.42 Å². The van der Waals surface area contributed by atoms with Crippen molar-refractivity contribution in [2.75, 3.05) is 12.4 Å². The van der Waals surface area contributed by atoms with Crippen LogP contribution in [-0.2, 0) is 0 Å². The fourth-order valence-corrected chi connectivity index (χ4v) is 0.953. The van der Waals surface area contributed by atoms with Crippen LogP contribution in [-0.4, -0.2) is 23.3 Å². The first-order chi connectivity index (χ1) is 7.04. The molecular formula is C10H20N4O. The van der Waals surface area contributed by atoms with Crippen molar-refractivity contribution in [2.24, 2.45) is 5.92 Å². The van der Waals surface area contributed by atoms with Gasteiger partial charge in [-0.15, -0.1) is 5.10 Å². The van der Waals surface area contributed by atoms with Gasteiger partial charge in [0.15, 0.2) is 0 Å². The molecule has 0 aliphatic heterocycles. The SMILES string of the molecule is CNC(C)c1nnc(NC(C)C(C)C)o1. The summed E-state index contributed by atoms with van der Waals surface area (Å²) in [6.45, 7) is 8.36. The van der Waals surface area contributed by atoms with Gasteiger partial charge in [0.05, 0.1) is 6.04 Å². The minimum absolute atomic E-state index is 0.0856. The molecule has 1 aromatic heterocycles. The Balaban J connectivity index is 2.60. The van der Waals surface area contributed by atoms with E-state index in [0.29, 0.717) is 23.9 Å². The third-order valence-electron chi connectivity index (χ3n) is 2.60. The molecule has 0 saturated carbocycles. The maximum Gasteiger partial charge on any atom is 0.315 e. The molecule has 2 unspecified atom stereocenters. The molecule has 1 rings (SSSR count). The molecule has 1 heterocycles. The van der Waals surface area contributed by atoms with Crippen molar-refractivity contribution >= 4 is 6.01 Å². The van der Waals surface area contributed by atoms with Crippen LogP contribution in [0.5, 0.6) is 0 Å². The van der Waals surface area contributed by atoms with Crippen LogP contribution in [0.3, 0.4) is 0 Å². The maximum absolute atomic E-state index is 5.46. The van der Waals surface area contributed by atoms with Crippen molar-refractivity contribution in [1.29, 1.82) is 0 Å². The first kappa shape index (κ1) is 12.0. The lowest BCUT2D eigenvalue weighted by molar-refractivity contribution is 0.433. The zero-order chi connectivity index (χ0) is 11.4. The summed E-state index contributed by atoms with van der Waals surface area (Å²) in [5.74, 6) is 1.14. The lowest BCUT2D eigenvalue weighted by Crippen LogP contribution is -2.21. The van der Waals surface area contributed by atoms with Gasteiger partial charge < -0.3 is 15.1 Å². The third-order valence-corrected chi connectivity index (χ3v) is 2.60. The maximum atomic E-state index is 5.46. The summed E-state index contributed by atoms with van der Waals surface area (Å²) >= 11 is 0. The minimum atomic E-state index is 0.0856. The molecule has 2 N–H and O–H groups in total. The quantitative estimate of drug-likeness (QED) is 0.779. The number of anilines is 1. The Bertz CT molecular complexity index is 297. The molecule has 2 atom stereocenters. The average molecular weight is 212 g/mol. The van der Waals surface area contributed by atoms with Crippen molar-refractivity contribution in [2.45, 2.75) is 39.8 Å². The summed E-state index contributed by atoms with van der Waals surface area (Å²) in [6, 6.07) is 0.902. The molecule has 1 aromatic rings. The lowest BCUT2D eigenvalue weighted by atomic mass is 10.1. The Morgan fingerprint density at radius 1 is 1.13 bits per heavy atom. The number of hydrogen-bond donors (Lipinski definition) is 2. The Hall–Kier alpha value is -1.10. The molecule has 5 nitrogen and oxygen atoms in total. The summed E-state index contributed by atoms with van der Waals surface area (Å²) in [6.07, 6.45) is 0. The first-order valence-corrected chi connectivity index (χ1v) is 5.31. The van der Waals surface area contributed by atoms with Gasteiger partial charge >= 0.3 is 6.01 Å². The zero-order valence-corrected chi connectivity index (χ0v) is 10.0. The highest BCUT2D eigenvalue weighted by Gasteiger charge is 2.14. The summed E-state index contributed by atoms with van der Waals surface area (Å²) in [5, 5.41) is 14.1. The van der Waals surface area contributed by atoms with Crippen LogP contribution in [0, 0.1) is 5.92 Å². The highest BCUT2D eigenvalue weighted by Crippen LogP contribution is 2.15. The standard InChI is InChI=1S/C10H20N4O/c1-6(2)7(3)12-10-14-13-9(15-10)8(4)11-5/h6-8,11H,1-5H3,(H,12,14). The van der Waals surface area contributed by atoms with Crippen LogP contribution in [0.25, 0.3) is 0 Å². The summed E-state index contributed by atoms with van der Waals surface area (Å²) in [7, 11) is 1.86. The van der Waals surface area contributed by atoms with E-state index < -0.39 is 0 Å². The Morgan fingerprint density at radius 3 is 2.33 bits per heavy atom. The Labute approximate surface area is 90.7 Å². The second kappa shape index (κ2) is 5.11. The minimum Gasteiger partial charge on any atom is -0.406 e. The van der Waals surface area contributed by atoms with Crippen molar-refractivity contribution in [3.8, 4) is 0 Å². The topological polar surface area (TPSA) is 63.0 Å². The van der Waals surface area contributed by atoms with E-state index in [-0.39, 0.29) is 6.04 Å². The van der Waals surface area contributed by atoms with Gasteiger partial charge in [0.1, 0.15) is 0 Å². The molecule has 0 radical (unpaired) electrons. The van der Waals surface area contributed by atoms with E-state index in [1.807, 2.05) is 14.0 Å². The predicted octanol–water partition coefficient (Wildman–Crippen LogP) is 1.81. The fourth-order valence-electron chi connectivity index (χ4n) is 0.953. The molecule has 0 amide bonds. The summed E-state index contributed by atoms with van der Waals surface area (Å²) < 4.78 is 5.46. The monoisotopic (exact) mass is 212 g/mol. The van der Waals surface area contributed by atoms with Crippen LogP contribution in [0.1, 0.15) is 39.6 Å². The molecule has 5 heteroatoms. The highest BCUT2D eigenvalue weighted by atomic mass is 16.4. The van der Waals surface area contributed by atoms with Crippen LogP contribution >= 0.6 is 0 Å².